The van der Waals surface area contributed by atoms with Gasteiger partial charge >= 0.3 is 6.03 Å². The molecule has 11 nitrogen and oxygen atoms in total. The lowest BCUT2D eigenvalue weighted by atomic mass is 10.0. The fraction of sp³-hybridized carbons (Fsp3) is 0.429. The Labute approximate surface area is 292 Å². The van der Waals surface area contributed by atoms with Crippen LogP contribution in [0.2, 0.25) is 5.02 Å². The molecule has 14 heteroatoms. The maximum absolute atomic E-state index is 14.3. The van der Waals surface area contributed by atoms with Crippen LogP contribution in [0.25, 0.3) is 0 Å². The van der Waals surface area contributed by atoms with E-state index in [1.807, 2.05) is 13.8 Å². The number of anilines is 2. The highest BCUT2D eigenvalue weighted by Gasteiger charge is 2.31. The molecule has 0 saturated carbocycles. The first-order valence-corrected chi connectivity index (χ1v) is 18.0. The molecule has 266 valence electrons. The molecule has 0 saturated heterocycles. The summed E-state index contributed by atoms with van der Waals surface area (Å²) in [6.07, 6.45) is 1.42. The molecule has 0 unspecified atom stereocenters. The summed E-state index contributed by atoms with van der Waals surface area (Å²) in [5.74, 6) is -0.904. The number of ether oxygens (including phenoxy) is 2. The molecule has 0 fully saturated rings. The number of carbonyl (C=O) groups excluding carboxylic acids is 2. The van der Waals surface area contributed by atoms with Gasteiger partial charge in [-0.15, -0.1) is 0 Å². The van der Waals surface area contributed by atoms with Crippen molar-refractivity contribution in [3.8, 4) is 5.75 Å². The molecular weight excluding hydrogens is 675 g/mol. The molecule has 3 N–H and O–H groups in total. The summed E-state index contributed by atoms with van der Waals surface area (Å²) < 4.78 is 54.8. The lowest BCUT2D eigenvalue weighted by molar-refractivity contribution is -0.0115. The quantitative estimate of drug-likeness (QED) is 0.251. The highest BCUT2D eigenvalue weighted by molar-refractivity contribution is 7.92. The number of hydrogen-bond acceptors (Lipinski definition) is 7. The molecule has 1 aliphatic heterocycles. The van der Waals surface area contributed by atoms with Gasteiger partial charge in [0.15, 0.2) is 0 Å². The largest absolute Gasteiger partial charge is 0.490 e. The normalized spacial score (nSPS) is 19.9. The summed E-state index contributed by atoms with van der Waals surface area (Å²) in [7, 11) is -2.38. The average molecular weight is 719 g/mol. The summed E-state index contributed by atoms with van der Waals surface area (Å²) >= 11 is 5.94. The van der Waals surface area contributed by atoms with Crippen molar-refractivity contribution in [2.75, 3.05) is 43.4 Å². The number of hydrogen-bond donors (Lipinski definition) is 3. The highest BCUT2D eigenvalue weighted by atomic mass is 35.5. The summed E-state index contributed by atoms with van der Waals surface area (Å²) in [6.45, 7) is 5.94. The Balaban J connectivity index is 1.62. The van der Waals surface area contributed by atoms with E-state index < -0.39 is 39.9 Å². The molecule has 49 heavy (non-hydrogen) atoms. The SMILES string of the molecule is C[C@@H]1CN([C@H](C)CO)C(=O)c2cc(NS(=O)(=O)c3ccc(Cl)cc3)ccc2O[C@@H](C)CCCCO[C@H]1CN(C)C(=O)Nc1ccc(F)cc1. The number of aliphatic hydroxyl groups excluding tert-OH is 1. The van der Waals surface area contributed by atoms with E-state index in [4.69, 9.17) is 21.1 Å². The molecule has 0 bridgehead atoms. The third-order valence-electron chi connectivity index (χ3n) is 8.32. The van der Waals surface area contributed by atoms with Crippen molar-refractivity contribution in [2.24, 2.45) is 5.92 Å². The van der Waals surface area contributed by atoms with Crippen LogP contribution >= 0.6 is 11.6 Å². The minimum absolute atomic E-state index is 0.0000990. The zero-order valence-corrected chi connectivity index (χ0v) is 29.6. The van der Waals surface area contributed by atoms with Gasteiger partial charge in [-0.25, -0.2) is 17.6 Å². The van der Waals surface area contributed by atoms with E-state index in [0.717, 1.165) is 12.8 Å². The fourth-order valence-electron chi connectivity index (χ4n) is 5.38. The predicted molar refractivity (Wildman–Crippen MR) is 187 cm³/mol. The summed E-state index contributed by atoms with van der Waals surface area (Å²) in [5.41, 5.74) is 0.719. The van der Waals surface area contributed by atoms with Gasteiger partial charge < -0.3 is 29.7 Å². The third-order valence-corrected chi connectivity index (χ3v) is 9.97. The minimum atomic E-state index is -4.01. The lowest BCUT2D eigenvalue weighted by Crippen LogP contribution is -2.48. The minimum Gasteiger partial charge on any atom is -0.490 e. The standard InChI is InChI=1S/C35H44ClFN4O7S/c1-23-20-41(24(2)22-42)34(43)31-19-29(39-49(45,46)30-15-8-26(36)9-16-30)14-17-32(31)48-25(3)7-5-6-18-47-33(23)21-40(4)35(44)38-28-12-10-27(37)11-13-28/h8-17,19,23-25,33,39,42H,5-7,18,20-22H2,1-4H3,(H,38,44)/t23-,24-,25+,33+/m1/s1. The zero-order valence-electron chi connectivity index (χ0n) is 28.1. The molecule has 1 aliphatic rings. The average Bonchev–Trinajstić information content (AvgIpc) is 3.07. The van der Waals surface area contributed by atoms with Crippen LogP contribution in [0, 0.1) is 11.7 Å². The number of urea groups is 1. The van der Waals surface area contributed by atoms with E-state index in [0.29, 0.717) is 23.7 Å². The van der Waals surface area contributed by atoms with Crippen LogP contribution in [0.4, 0.5) is 20.6 Å². The molecule has 0 radical (unpaired) electrons. The number of sulfonamides is 1. The van der Waals surface area contributed by atoms with Gasteiger partial charge in [0, 0.05) is 49.1 Å². The Bertz CT molecular complexity index is 1680. The molecule has 4 rings (SSSR count). The maximum atomic E-state index is 14.3. The maximum Gasteiger partial charge on any atom is 0.321 e. The second-order valence-corrected chi connectivity index (χ2v) is 14.5. The van der Waals surface area contributed by atoms with E-state index in [1.165, 1.54) is 70.5 Å². The molecule has 0 aromatic heterocycles. The number of nitrogens with one attached hydrogen (secondary N) is 2. The van der Waals surface area contributed by atoms with Crippen LogP contribution in [0.3, 0.4) is 0 Å². The Hall–Kier alpha value is -3.91. The van der Waals surface area contributed by atoms with Gasteiger partial charge in [-0.2, -0.15) is 0 Å². The van der Waals surface area contributed by atoms with Crippen molar-refractivity contribution in [3.63, 3.8) is 0 Å². The smallest absolute Gasteiger partial charge is 0.321 e. The molecule has 0 aliphatic carbocycles. The van der Waals surface area contributed by atoms with Crippen LogP contribution in [-0.4, -0.2) is 86.9 Å². The second kappa shape index (κ2) is 17.1. The number of likely N-dealkylation sites (N-methyl/N-ethyl adjacent to an activating group) is 1. The predicted octanol–water partition coefficient (Wildman–Crippen LogP) is 6.24. The van der Waals surface area contributed by atoms with Gasteiger partial charge in [-0.05, 0) is 99.8 Å². The molecule has 3 aromatic rings. The number of halogens is 2. The van der Waals surface area contributed by atoms with Crippen molar-refractivity contribution >= 4 is 44.9 Å². The van der Waals surface area contributed by atoms with Gasteiger partial charge in [0.05, 0.1) is 35.3 Å². The number of fused-ring (bicyclic) bond motifs is 1. The Morgan fingerprint density at radius 3 is 2.43 bits per heavy atom. The van der Waals surface area contributed by atoms with Crippen molar-refractivity contribution in [3.05, 3.63) is 83.1 Å². The van der Waals surface area contributed by atoms with Crippen molar-refractivity contribution in [1.29, 1.82) is 0 Å². The number of rotatable bonds is 8. The first-order chi connectivity index (χ1) is 23.3. The number of amides is 3. The number of nitrogens with zero attached hydrogens (tertiary/aromatic N) is 2. The molecule has 1 heterocycles. The van der Waals surface area contributed by atoms with E-state index in [-0.39, 0.29) is 53.6 Å². The van der Waals surface area contributed by atoms with E-state index >= 15 is 0 Å². The van der Waals surface area contributed by atoms with Crippen molar-refractivity contribution in [2.45, 2.75) is 63.2 Å². The lowest BCUT2D eigenvalue weighted by Gasteiger charge is -2.35. The Kier molecular flexibility index (Phi) is 13.3. The number of carbonyl (C=O) groups is 2. The summed E-state index contributed by atoms with van der Waals surface area (Å²) in [4.78, 5) is 30.3. The second-order valence-electron chi connectivity index (χ2n) is 12.4. The molecule has 0 spiro atoms. The van der Waals surface area contributed by atoms with E-state index in [2.05, 4.69) is 10.0 Å². The van der Waals surface area contributed by atoms with Gasteiger partial charge in [0.25, 0.3) is 15.9 Å². The van der Waals surface area contributed by atoms with Crippen LogP contribution in [0.15, 0.2) is 71.6 Å². The van der Waals surface area contributed by atoms with Gasteiger partial charge in [-0.1, -0.05) is 18.5 Å². The number of benzene rings is 3. The van der Waals surface area contributed by atoms with Crippen LogP contribution in [-0.2, 0) is 14.8 Å². The topological polar surface area (TPSA) is 138 Å². The van der Waals surface area contributed by atoms with Crippen molar-refractivity contribution in [1.82, 2.24) is 9.80 Å². The van der Waals surface area contributed by atoms with Gasteiger partial charge in [0.2, 0.25) is 0 Å². The first kappa shape index (κ1) is 37.9. The summed E-state index contributed by atoms with van der Waals surface area (Å²) in [6, 6.07) is 14.7. The first-order valence-electron chi connectivity index (χ1n) is 16.2. The van der Waals surface area contributed by atoms with Gasteiger partial charge in [-0.3, -0.25) is 9.52 Å². The molecule has 3 aromatic carbocycles. The zero-order chi connectivity index (χ0) is 35.7. The Morgan fingerprint density at radius 2 is 1.76 bits per heavy atom. The van der Waals surface area contributed by atoms with Crippen LogP contribution in [0.1, 0.15) is 50.4 Å². The number of aliphatic hydroxyl groups is 1. The molecule has 3 amide bonds. The summed E-state index contributed by atoms with van der Waals surface area (Å²) in [5, 5.41) is 13.3. The molecule has 4 atom stereocenters. The van der Waals surface area contributed by atoms with Gasteiger partial charge in [0.1, 0.15) is 11.6 Å². The third kappa shape index (κ3) is 10.5. The van der Waals surface area contributed by atoms with Crippen LogP contribution < -0.4 is 14.8 Å². The van der Waals surface area contributed by atoms with E-state index in [9.17, 15) is 27.5 Å². The van der Waals surface area contributed by atoms with Crippen molar-refractivity contribution < 1.29 is 37.0 Å². The van der Waals surface area contributed by atoms with E-state index in [1.54, 1.807) is 20.0 Å². The Morgan fingerprint density at radius 1 is 1.08 bits per heavy atom. The highest BCUT2D eigenvalue weighted by Crippen LogP contribution is 2.30. The molecular formula is C35H44ClFN4O7S. The van der Waals surface area contributed by atoms with Crippen LogP contribution in [0.5, 0.6) is 5.75 Å². The monoisotopic (exact) mass is 718 g/mol. The fourth-order valence-corrected chi connectivity index (χ4v) is 6.56.